The van der Waals surface area contributed by atoms with Crippen molar-refractivity contribution < 1.29 is 4.39 Å². The highest BCUT2D eigenvalue weighted by atomic mass is 19.1. The number of hydrogen-bond donors (Lipinski definition) is 1. The van der Waals surface area contributed by atoms with Gasteiger partial charge in [-0.15, -0.1) is 0 Å². The average Bonchev–Trinajstić information content (AvgIpc) is 2.20. The minimum atomic E-state index is -0.0962. The number of hydrogen-bond acceptors (Lipinski definition) is 1. The van der Waals surface area contributed by atoms with Gasteiger partial charge in [-0.3, -0.25) is 0 Å². The Morgan fingerprint density at radius 2 is 1.93 bits per heavy atom. The van der Waals surface area contributed by atoms with Crippen molar-refractivity contribution >= 4 is 0 Å². The summed E-state index contributed by atoms with van der Waals surface area (Å²) < 4.78 is 13.4. The summed E-state index contributed by atoms with van der Waals surface area (Å²) in [4.78, 5) is 0. The predicted octanol–water partition coefficient (Wildman–Crippen LogP) is 3.00. The maximum Gasteiger partial charge on any atom is 0.126 e. The highest BCUT2D eigenvalue weighted by Crippen LogP contribution is 2.13. The van der Waals surface area contributed by atoms with Crippen LogP contribution in [0.25, 0.3) is 0 Å². The molecular weight excluding hydrogens is 189 g/mol. The fourth-order valence-corrected chi connectivity index (χ4v) is 1.71. The molecule has 0 amide bonds. The van der Waals surface area contributed by atoms with Crippen LogP contribution in [-0.4, -0.2) is 12.6 Å². The Labute approximate surface area is 91.7 Å². The summed E-state index contributed by atoms with van der Waals surface area (Å²) in [5.74, 6) is 0.422. The molecule has 1 unspecified atom stereocenters. The van der Waals surface area contributed by atoms with E-state index < -0.39 is 0 Å². The Morgan fingerprint density at radius 3 is 2.47 bits per heavy atom. The lowest BCUT2D eigenvalue weighted by atomic mass is 9.96. The fourth-order valence-electron chi connectivity index (χ4n) is 1.71. The Morgan fingerprint density at radius 1 is 1.27 bits per heavy atom. The van der Waals surface area contributed by atoms with Gasteiger partial charge in [0.05, 0.1) is 0 Å². The number of benzene rings is 1. The minimum Gasteiger partial charge on any atom is -0.314 e. The molecule has 15 heavy (non-hydrogen) atoms. The third-order valence-corrected chi connectivity index (χ3v) is 2.67. The molecule has 1 N–H and O–H groups in total. The lowest BCUT2D eigenvalue weighted by Crippen LogP contribution is -2.35. The fraction of sp³-hybridized carbons (Fsp3) is 0.538. The van der Waals surface area contributed by atoms with Gasteiger partial charge in [-0.2, -0.15) is 0 Å². The molecule has 2 heteroatoms. The van der Waals surface area contributed by atoms with Crippen LogP contribution in [0.1, 0.15) is 26.3 Å². The number of nitrogens with one attached hydrogen (secondary N) is 1. The summed E-state index contributed by atoms with van der Waals surface area (Å²) in [7, 11) is 0. The lowest BCUT2D eigenvalue weighted by molar-refractivity contribution is 0.400. The maximum atomic E-state index is 13.4. The molecule has 1 atom stereocenters. The van der Waals surface area contributed by atoms with E-state index in [1.54, 1.807) is 6.07 Å². The maximum absolute atomic E-state index is 13.4. The molecule has 1 rings (SSSR count). The quantitative estimate of drug-likeness (QED) is 0.786. The molecule has 1 aromatic carbocycles. The van der Waals surface area contributed by atoms with Crippen LogP contribution in [0.4, 0.5) is 4.39 Å². The molecule has 84 valence electrons. The minimum absolute atomic E-state index is 0.0962. The second-order valence-corrected chi connectivity index (χ2v) is 4.20. The lowest BCUT2D eigenvalue weighted by Gasteiger charge is -2.22. The van der Waals surface area contributed by atoms with Crippen LogP contribution in [0.3, 0.4) is 0 Å². The van der Waals surface area contributed by atoms with Crippen molar-refractivity contribution in [1.29, 1.82) is 0 Å². The van der Waals surface area contributed by atoms with Gasteiger partial charge in [0, 0.05) is 6.04 Å². The van der Waals surface area contributed by atoms with Crippen molar-refractivity contribution in [1.82, 2.24) is 5.32 Å². The Balaban J connectivity index is 2.69. The van der Waals surface area contributed by atoms with Gasteiger partial charge in [-0.25, -0.2) is 4.39 Å². The number of likely N-dealkylation sites (N-methyl/N-ethyl adjacent to an activating group) is 1. The molecule has 0 aliphatic rings. The Bertz CT molecular complexity index is 296. The molecule has 0 saturated heterocycles. The van der Waals surface area contributed by atoms with Gasteiger partial charge in [-0.1, -0.05) is 39.0 Å². The predicted molar refractivity (Wildman–Crippen MR) is 62.4 cm³/mol. The highest BCUT2D eigenvalue weighted by molar-refractivity contribution is 5.18. The standard InChI is InChI=1S/C13H20FN/c1-4-15-13(10(2)3)9-11-7-5-6-8-12(11)14/h5-8,10,13,15H,4,9H2,1-3H3. The summed E-state index contributed by atoms with van der Waals surface area (Å²) in [5, 5.41) is 3.39. The largest absolute Gasteiger partial charge is 0.314 e. The van der Waals surface area contributed by atoms with Gasteiger partial charge < -0.3 is 5.32 Å². The normalized spacial score (nSPS) is 13.1. The van der Waals surface area contributed by atoms with Crippen molar-refractivity contribution in [3.63, 3.8) is 0 Å². The van der Waals surface area contributed by atoms with Crippen LogP contribution in [-0.2, 0) is 6.42 Å². The Kier molecular flexibility index (Phi) is 4.76. The second kappa shape index (κ2) is 5.86. The molecule has 0 heterocycles. The first-order chi connectivity index (χ1) is 7.15. The third-order valence-electron chi connectivity index (χ3n) is 2.67. The Hall–Kier alpha value is -0.890. The first-order valence-electron chi connectivity index (χ1n) is 5.62. The van der Waals surface area contributed by atoms with E-state index >= 15 is 0 Å². The van der Waals surface area contributed by atoms with E-state index in [-0.39, 0.29) is 5.82 Å². The first kappa shape index (κ1) is 12.2. The van der Waals surface area contributed by atoms with Crippen molar-refractivity contribution in [3.8, 4) is 0 Å². The average molecular weight is 209 g/mol. The van der Waals surface area contributed by atoms with Gasteiger partial charge in [0.15, 0.2) is 0 Å². The molecule has 1 nitrogen and oxygen atoms in total. The van der Waals surface area contributed by atoms with Crippen LogP contribution in [0.5, 0.6) is 0 Å². The summed E-state index contributed by atoms with van der Waals surface area (Å²) in [6, 6.07) is 7.37. The molecule has 0 bridgehead atoms. The zero-order valence-electron chi connectivity index (χ0n) is 9.76. The van der Waals surface area contributed by atoms with Crippen LogP contribution >= 0.6 is 0 Å². The number of halogens is 1. The molecule has 1 aromatic rings. The van der Waals surface area contributed by atoms with Gasteiger partial charge in [0.25, 0.3) is 0 Å². The van der Waals surface area contributed by atoms with Crippen molar-refractivity contribution in [3.05, 3.63) is 35.6 Å². The molecule has 0 spiro atoms. The summed E-state index contributed by atoms with van der Waals surface area (Å²) >= 11 is 0. The molecule has 0 aliphatic carbocycles. The van der Waals surface area contributed by atoms with Crippen molar-refractivity contribution in [2.75, 3.05) is 6.54 Å². The van der Waals surface area contributed by atoms with Gasteiger partial charge >= 0.3 is 0 Å². The van der Waals surface area contributed by atoms with E-state index in [1.165, 1.54) is 6.07 Å². The highest BCUT2D eigenvalue weighted by Gasteiger charge is 2.14. The summed E-state index contributed by atoms with van der Waals surface area (Å²) in [6.45, 7) is 7.33. The zero-order valence-corrected chi connectivity index (χ0v) is 9.76. The smallest absolute Gasteiger partial charge is 0.126 e. The van der Waals surface area contributed by atoms with E-state index in [1.807, 2.05) is 12.1 Å². The molecule has 0 fully saturated rings. The zero-order chi connectivity index (χ0) is 11.3. The van der Waals surface area contributed by atoms with E-state index in [9.17, 15) is 4.39 Å². The van der Waals surface area contributed by atoms with Crippen LogP contribution in [0.15, 0.2) is 24.3 Å². The molecule has 0 radical (unpaired) electrons. The van der Waals surface area contributed by atoms with Crippen molar-refractivity contribution in [2.45, 2.75) is 33.2 Å². The summed E-state index contributed by atoms with van der Waals surface area (Å²) in [6.07, 6.45) is 0.762. The van der Waals surface area contributed by atoms with E-state index in [2.05, 4.69) is 26.1 Å². The third kappa shape index (κ3) is 3.63. The van der Waals surface area contributed by atoms with Gasteiger partial charge in [0.2, 0.25) is 0 Å². The molecular formula is C13H20FN. The van der Waals surface area contributed by atoms with Crippen LogP contribution in [0.2, 0.25) is 0 Å². The molecule has 0 aliphatic heterocycles. The van der Waals surface area contributed by atoms with E-state index in [0.717, 1.165) is 18.5 Å². The summed E-state index contributed by atoms with van der Waals surface area (Å²) in [5.41, 5.74) is 0.803. The van der Waals surface area contributed by atoms with E-state index in [0.29, 0.717) is 12.0 Å². The first-order valence-corrected chi connectivity index (χ1v) is 5.62. The SMILES string of the molecule is CCNC(Cc1ccccc1F)C(C)C. The molecule has 0 aromatic heterocycles. The number of rotatable bonds is 5. The van der Waals surface area contributed by atoms with Crippen LogP contribution < -0.4 is 5.32 Å². The monoisotopic (exact) mass is 209 g/mol. The second-order valence-electron chi connectivity index (χ2n) is 4.20. The topological polar surface area (TPSA) is 12.0 Å². The molecule has 0 saturated carbocycles. The van der Waals surface area contributed by atoms with Gasteiger partial charge in [-0.05, 0) is 30.5 Å². The van der Waals surface area contributed by atoms with Gasteiger partial charge in [0.1, 0.15) is 5.82 Å². The van der Waals surface area contributed by atoms with E-state index in [4.69, 9.17) is 0 Å². The van der Waals surface area contributed by atoms with Crippen molar-refractivity contribution in [2.24, 2.45) is 5.92 Å². The van der Waals surface area contributed by atoms with Crippen LogP contribution in [0, 0.1) is 11.7 Å².